The topological polar surface area (TPSA) is 66.5 Å². The number of carbonyl (C=O) groups is 3. The van der Waals surface area contributed by atoms with Gasteiger partial charge in [0.05, 0.1) is 0 Å². The van der Waals surface area contributed by atoms with Crippen molar-refractivity contribution in [3.63, 3.8) is 0 Å². The molecule has 1 N–H and O–H groups in total. The molecule has 3 aromatic rings. The van der Waals surface area contributed by atoms with Crippen LogP contribution < -0.4 is 5.32 Å². The van der Waals surface area contributed by atoms with Gasteiger partial charge in [0.2, 0.25) is 0 Å². The van der Waals surface area contributed by atoms with Gasteiger partial charge in [-0.2, -0.15) is 0 Å². The van der Waals surface area contributed by atoms with Crippen LogP contribution in [-0.2, 0) is 12.8 Å². The van der Waals surface area contributed by atoms with Crippen LogP contribution in [0.25, 0.3) is 10.8 Å². The lowest BCUT2D eigenvalue weighted by Gasteiger charge is -2.27. The van der Waals surface area contributed by atoms with Gasteiger partial charge >= 0.3 is 0 Å². The van der Waals surface area contributed by atoms with Crippen LogP contribution in [0.5, 0.6) is 0 Å². The molecule has 1 heterocycles. The third-order valence-electron chi connectivity index (χ3n) is 6.86. The Morgan fingerprint density at radius 2 is 1.39 bits per heavy atom. The van der Waals surface area contributed by atoms with Crippen molar-refractivity contribution in [1.82, 2.24) is 10.2 Å². The van der Waals surface area contributed by atoms with Gasteiger partial charge < -0.3 is 5.32 Å². The van der Waals surface area contributed by atoms with E-state index in [4.69, 9.17) is 0 Å². The number of imide groups is 1. The van der Waals surface area contributed by atoms with Gasteiger partial charge in [-0.25, -0.2) is 0 Å². The molecule has 0 fully saturated rings. The van der Waals surface area contributed by atoms with E-state index >= 15 is 0 Å². The van der Waals surface area contributed by atoms with E-state index in [1.54, 1.807) is 0 Å². The van der Waals surface area contributed by atoms with Crippen LogP contribution in [0.1, 0.15) is 73.4 Å². The summed E-state index contributed by atoms with van der Waals surface area (Å²) in [5.74, 6) is -0.399. The number of amides is 3. The zero-order chi connectivity index (χ0) is 22.9. The summed E-state index contributed by atoms with van der Waals surface area (Å²) in [6.45, 7) is 3.04. The fraction of sp³-hybridized carbons (Fsp3) is 0.321. The van der Waals surface area contributed by atoms with Crippen LogP contribution in [0.3, 0.4) is 0 Å². The Balaban J connectivity index is 1.12. The number of nitrogens with zero attached hydrogens (tertiary/aromatic N) is 1. The van der Waals surface area contributed by atoms with Gasteiger partial charge in [0.1, 0.15) is 0 Å². The zero-order valence-corrected chi connectivity index (χ0v) is 18.9. The fourth-order valence-electron chi connectivity index (χ4n) is 5.03. The maximum Gasteiger partial charge on any atom is 0.261 e. The first kappa shape index (κ1) is 21.4. The quantitative estimate of drug-likeness (QED) is 0.403. The van der Waals surface area contributed by atoms with Gasteiger partial charge in [-0.3, -0.25) is 19.3 Å². The normalized spacial score (nSPS) is 14.3. The smallest absolute Gasteiger partial charge is 0.261 e. The molecule has 0 unspecified atom stereocenters. The Morgan fingerprint density at radius 3 is 2.03 bits per heavy atom. The minimum Gasteiger partial charge on any atom is -0.352 e. The Labute approximate surface area is 193 Å². The summed E-state index contributed by atoms with van der Waals surface area (Å²) in [4.78, 5) is 39.8. The van der Waals surface area contributed by atoms with E-state index in [-0.39, 0.29) is 17.7 Å². The third kappa shape index (κ3) is 3.92. The lowest BCUT2D eigenvalue weighted by atomic mass is 9.91. The van der Waals surface area contributed by atoms with E-state index in [9.17, 15) is 14.4 Å². The average molecular weight is 441 g/mol. The van der Waals surface area contributed by atoms with Crippen molar-refractivity contribution in [1.29, 1.82) is 0 Å². The van der Waals surface area contributed by atoms with Crippen molar-refractivity contribution in [3.05, 3.63) is 81.9 Å². The molecule has 5 heteroatoms. The zero-order valence-electron chi connectivity index (χ0n) is 18.9. The van der Waals surface area contributed by atoms with E-state index in [0.717, 1.165) is 54.9 Å². The van der Waals surface area contributed by atoms with Crippen LogP contribution >= 0.6 is 0 Å². The molecular weight excluding hydrogens is 412 g/mol. The molecule has 1 aliphatic carbocycles. The molecule has 5 rings (SSSR count). The minimum atomic E-state index is -0.173. The molecule has 0 saturated carbocycles. The Kier molecular flexibility index (Phi) is 5.71. The molecule has 0 bridgehead atoms. The second kappa shape index (κ2) is 8.81. The number of hydrogen-bond acceptors (Lipinski definition) is 3. The predicted molar refractivity (Wildman–Crippen MR) is 129 cm³/mol. The van der Waals surface area contributed by atoms with Crippen molar-refractivity contribution >= 4 is 28.5 Å². The molecule has 0 atom stereocenters. The predicted octanol–water partition coefficient (Wildman–Crippen LogP) is 4.83. The lowest BCUT2D eigenvalue weighted by Crippen LogP contribution is -2.41. The highest BCUT2D eigenvalue weighted by molar-refractivity contribution is 6.26. The average Bonchev–Trinajstić information content (AvgIpc) is 3.25. The number of unbranched alkanes of at least 4 members (excludes halogenated alkanes) is 3. The third-order valence-corrected chi connectivity index (χ3v) is 6.86. The van der Waals surface area contributed by atoms with Crippen LogP contribution in [0.15, 0.2) is 48.5 Å². The van der Waals surface area contributed by atoms with Gasteiger partial charge in [0, 0.05) is 35.2 Å². The number of aryl methyl sites for hydroxylation is 3. The van der Waals surface area contributed by atoms with Gasteiger partial charge in [-0.15, -0.1) is 0 Å². The first-order valence-corrected chi connectivity index (χ1v) is 11.8. The first-order chi connectivity index (χ1) is 16.0. The SMILES string of the molecule is Cc1ccc(C(=O)NCCCCCCN2C(=O)c3ccc4c5c(ccc(c35)C2=O)CC4)cc1. The summed E-state index contributed by atoms with van der Waals surface area (Å²) >= 11 is 0. The summed E-state index contributed by atoms with van der Waals surface area (Å²) in [5.41, 5.74) is 5.61. The van der Waals surface area contributed by atoms with Gasteiger partial charge in [0.25, 0.3) is 17.7 Å². The highest BCUT2D eigenvalue weighted by atomic mass is 16.2. The maximum atomic E-state index is 13.1. The fourth-order valence-corrected chi connectivity index (χ4v) is 5.03. The summed E-state index contributed by atoms with van der Waals surface area (Å²) in [5, 5.41) is 4.94. The van der Waals surface area contributed by atoms with Crippen LogP contribution in [0, 0.1) is 6.92 Å². The molecule has 33 heavy (non-hydrogen) atoms. The molecule has 2 aliphatic rings. The monoisotopic (exact) mass is 440 g/mol. The van der Waals surface area contributed by atoms with E-state index in [2.05, 4.69) is 17.4 Å². The standard InChI is InChI=1S/C28H28N2O3/c1-18-6-8-21(9-7-18)26(31)29-16-4-2-3-5-17-30-27(32)22-14-12-19-10-11-20-13-15-23(28(30)33)25(22)24(19)20/h6-9,12-15H,2-5,10-11,16-17H2,1H3,(H,29,31). The Hall–Kier alpha value is -3.47. The van der Waals surface area contributed by atoms with Crippen LogP contribution in [-0.4, -0.2) is 35.7 Å². The summed E-state index contributed by atoms with van der Waals surface area (Å²) in [6, 6.07) is 15.4. The molecule has 0 radical (unpaired) electrons. The number of rotatable bonds is 8. The van der Waals surface area contributed by atoms with E-state index in [0.29, 0.717) is 29.8 Å². The van der Waals surface area contributed by atoms with Crippen LogP contribution in [0.2, 0.25) is 0 Å². The second-order valence-electron chi connectivity index (χ2n) is 9.09. The molecule has 3 aromatic carbocycles. The first-order valence-electron chi connectivity index (χ1n) is 11.8. The molecule has 0 aromatic heterocycles. The molecule has 0 saturated heterocycles. The molecule has 3 amide bonds. The van der Waals surface area contributed by atoms with E-state index in [1.165, 1.54) is 16.0 Å². The molecular formula is C28H28N2O3. The van der Waals surface area contributed by atoms with Gasteiger partial charge in [-0.05, 0) is 73.4 Å². The second-order valence-corrected chi connectivity index (χ2v) is 9.09. The molecule has 1 aliphatic heterocycles. The van der Waals surface area contributed by atoms with E-state index in [1.807, 2.05) is 43.3 Å². The summed E-state index contributed by atoms with van der Waals surface area (Å²) in [7, 11) is 0. The molecule has 168 valence electrons. The van der Waals surface area contributed by atoms with Crippen molar-refractivity contribution in [2.75, 3.05) is 13.1 Å². The number of carbonyl (C=O) groups excluding carboxylic acids is 3. The lowest BCUT2D eigenvalue weighted by molar-refractivity contribution is 0.0607. The highest BCUT2D eigenvalue weighted by Crippen LogP contribution is 2.38. The number of hydrogen-bond donors (Lipinski definition) is 1. The van der Waals surface area contributed by atoms with Crippen molar-refractivity contribution in [3.8, 4) is 0 Å². The molecule has 0 spiro atoms. The maximum absolute atomic E-state index is 13.1. The minimum absolute atomic E-state index is 0.0531. The largest absolute Gasteiger partial charge is 0.352 e. The highest BCUT2D eigenvalue weighted by Gasteiger charge is 2.34. The van der Waals surface area contributed by atoms with Crippen molar-refractivity contribution < 1.29 is 14.4 Å². The van der Waals surface area contributed by atoms with Crippen molar-refractivity contribution in [2.24, 2.45) is 0 Å². The van der Waals surface area contributed by atoms with Crippen LogP contribution in [0.4, 0.5) is 0 Å². The Morgan fingerprint density at radius 1 is 0.788 bits per heavy atom. The Bertz CT molecular complexity index is 1200. The van der Waals surface area contributed by atoms with Gasteiger partial charge in [-0.1, -0.05) is 42.7 Å². The van der Waals surface area contributed by atoms with Crippen molar-refractivity contribution in [2.45, 2.75) is 45.4 Å². The summed E-state index contributed by atoms with van der Waals surface area (Å²) < 4.78 is 0. The van der Waals surface area contributed by atoms with E-state index < -0.39 is 0 Å². The number of benzene rings is 3. The molecule has 5 nitrogen and oxygen atoms in total. The van der Waals surface area contributed by atoms with Gasteiger partial charge in [0.15, 0.2) is 0 Å². The number of nitrogens with one attached hydrogen (secondary N) is 1. The summed E-state index contributed by atoms with van der Waals surface area (Å²) in [6.07, 6.45) is 5.42.